The lowest BCUT2D eigenvalue weighted by Gasteiger charge is -2.07. The Hall–Kier alpha value is -1.82. The number of aryl methyl sites for hydroxylation is 1. The van der Waals surface area contributed by atoms with Gasteiger partial charge in [-0.2, -0.15) is 0 Å². The minimum atomic E-state index is -0.898. The smallest absolute Gasteiger partial charge is 0.191 e. The second-order valence-electron chi connectivity index (χ2n) is 3.60. The van der Waals surface area contributed by atoms with Gasteiger partial charge < -0.3 is 4.74 Å². The lowest BCUT2D eigenvalue weighted by Crippen LogP contribution is -2.01. The molecule has 0 bridgehead atoms. The van der Waals surface area contributed by atoms with Gasteiger partial charge >= 0.3 is 0 Å². The second-order valence-corrected chi connectivity index (χ2v) is 4.55. The average molecular weight is 269 g/mol. The molecule has 2 aromatic rings. The molecule has 1 aromatic heterocycles. The van der Waals surface area contributed by atoms with Crippen LogP contribution in [-0.4, -0.2) is 11.3 Å². The Labute approximate surface area is 106 Å². The van der Waals surface area contributed by atoms with E-state index in [1.807, 2.05) is 12.3 Å². The van der Waals surface area contributed by atoms with Crippen molar-refractivity contribution in [3.05, 3.63) is 45.4 Å². The van der Waals surface area contributed by atoms with E-state index in [-0.39, 0.29) is 12.2 Å². The minimum absolute atomic E-state index is 0.00716. The summed E-state index contributed by atoms with van der Waals surface area (Å²) >= 11 is 1.35. The third kappa shape index (κ3) is 2.70. The molecule has 1 heterocycles. The van der Waals surface area contributed by atoms with Crippen LogP contribution >= 0.6 is 11.3 Å². The summed E-state index contributed by atoms with van der Waals surface area (Å²) in [4.78, 5) is 14.5. The first-order valence-corrected chi connectivity index (χ1v) is 5.96. The number of carbonyl (C=O) groups is 1. The maximum Gasteiger partial charge on any atom is 0.191 e. The maximum absolute atomic E-state index is 13.5. The monoisotopic (exact) mass is 269 g/mol. The van der Waals surface area contributed by atoms with Crippen LogP contribution in [0.4, 0.5) is 8.78 Å². The zero-order valence-electron chi connectivity index (χ0n) is 9.44. The van der Waals surface area contributed by atoms with Gasteiger partial charge in [0.05, 0.1) is 0 Å². The van der Waals surface area contributed by atoms with Crippen molar-refractivity contribution in [1.82, 2.24) is 4.98 Å². The minimum Gasteiger partial charge on any atom is -0.480 e. The molecule has 0 radical (unpaired) electrons. The summed E-state index contributed by atoms with van der Waals surface area (Å²) < 4.78 is 32.0. The number of ether oxygens (including phenoxy) is 1. The summed E-state index contributed by atoms with van der Waals surface area (Å²) in [6, 6.07) is 1.86. The Morgan fingerprint density at radius 1 is 1.39 bits per heavy atom. The van der Waals surface area contributed by atoms with Crippen LogP contribution in [0.2, 0.25) is 0 Å². The van der Waals surface area contributed by atoms with E-state index in [1.165, 1.54) is 11.3 Å². The molecule has 0 aliphatic carbocycles. The SMILES string of the molecule is Cc1csc(COc2c(F)cc(C=O)cc2F)n1. The van der Waals surface area contributed by atoms with Crippen molar-refractivity contribution in [1.29, 1.82) is 0 Å². The van der Waals surface area contributed by atoms with Gasteiger partial charge in [-0.15, -0.1) is 11.3 Å². The molecule has 0 aliphatic heterocycles. The molecule has 1 aromatic carbocycles. The number of benzene rings is 1. The number of rotatable bonds is 4. The molecule has 0 unspecified atom stereocenters. The molecule has 18 heavy (non-hydrogen) atoms. The van der Waals surface area contributed by atoms with Crippen molar-refractivity contribution < 1.29 is 18.3 Å². The number of aromatic nitrogens is 1. The first-order valence-electron chi connectivity index (χ1n) is 5.08. The molecule has 0 atom stereocenters. The highest BCUT2D eigenvalue weighted by Gasteiger charge is 2.13. The average Bonchev–Trinajstić information content (AvgIpc) is 2.73. The Bertz CT molecular complexity index is 560. The van der Waals surface area contributed by atoms with Crippen LogP contribution in [0.3, 0.4) is 0 Å². The predicted molar refractivity (Wildman–Crippen MR) is 62.9 cm³/mol. The van der Waals surface area contributed by atoms with Gasteiger partial charge in [0.1, 0.15) is 17.9 Å². The van der Waals surface area contributed by atoms with Gasteiger partial charge in [0.15, 0.2) is 17.4 Å². The normalized spacial score (nSPS) is 10.4. The Morgan fingerprint density at radius 2 is 2.06 bits per heavy atom. The van der Waals surface area contributed by atoms with E-state index in [1.54, 1.807) is 0 Å². The fourth-order valence-corrected chi connectivity index (χ4v) is 2.07. The van der Waals surface area contributed by atoms with E-state index in [4.69, 9.17) is 4.74 Å². The number of halogens is 2. The van der Waals surface area contributed by atoms with Gasteiger partial charge in [-0.05, 0) is 19.1 Å². The molecule has 3 nitrogen and oxygen atoms in total. The van der Waals surface area contributed by atoms with Gasteiger partial charge in [0.2, 0.25) is 0 Å². The third-order valence-corrected chi connectivity index (χ3v) is 3.10. The van der Waals surface area contributed by atoms with Crippen LogP contribution in [-0.2, 0) is 6.61 Å². The summed E-state index contributed by atoms with van der Waals surface area (Å²) in [5.41, 5.74) is 0.762. The second kappa shape index (κ2) is 5.22. The highest BCUT2D eigenvalue weighted by atomic mass is 32.1. The summed E-state index contributed by atoms with van der Waals surface area (Å²) in [6.45, 7) is 1.81. The van der Waals surface area contributed by atoms with Crippen molar-refractivity contribution in [3.63, 3.8) is 0 Å². The number of nitrogens with zero attached hydrogens (tertiary/aromatic N) is 1. The molecule has 0 fully saturated rings. The van der Waals surface area contributed by atoms with Crippen molar-refractivity contribution in [3.8, 4) is 5.75 Å². The predicted octanol–water partition coefficient (Wildman–Crippen LogP) is 3.12. The van der Waals surface area contributed by atoms with Crippen LogP contribution in [0.5, 0.6) is 5.75 Å². The van der Waals surface area contributed by atoms with E-state index in [2.05, 4.69) is 4.98 Å². The van der Waals surface area contributed by atoms with Crippen molar-refractivity contribution in [2.24, 2.45) is 0 Å². The molecule has 6 heteroatoms. The lowest BCUT2D eigenvalue weighted by atomic mass is 10.2. The summed E-state index contributed by atoms with van der Waals surface area (Å²) in [5.74, 6) is -2.29. The summed E-state index contributed by atoms with van der Waals surface area (Å²) in [6.07, 6.45) is 0.375. The Balaban J connectivity index is 2.16. The topological polar surface area (TPSA) is 39.2 Å². The van der Waals surface area contributed by atoms with E-state index in [0.29, 0.717) is 11.3 Å². The van der Waals surface area contributed by atoms with Crippen LogP contribution < -0.4 is 4.74 Å². The largest absolute Gasteiger partial charge is 0.480 e. The van der Waals surface area contributed by atoms with E-state index in [9.17, 15) is 13.6 Å². The zero-order chi connectivity index (χ0) is 13.1. The van der Waals surface area contributed by atoms with Gasteiger partial charge in [0, 0.05) is 16.6 Å². The fourth-order valence-electron chi connectivity index (χ4n) is 1.39. The lowest BCUT2D eigenvalue weighted by molar-refractivity contribution is 0.112. The van der Waals surface area contributed by atoms with Gasteiger partial charge in [-0.1, -0.05) is 0 Å². The van der Waals surface area contributed by atoms with E-state index < -0.39 is 17.4 Å². The Kier molecular flexibility index (Phi) is 3.66. The standard InChI is InChI=1S/C12H9F2NO2S/c1-7-6-18-11(15-7)5-17-12-9(13)2-8(4-16)3-10(12)14/h2-4,6H,5H2,1H3. The van der Waals surface area contributed by atoms with Crippen LogP contribution in [0.15, 0.2) is 17.5 Å². The number of thiazole rings is 1. The van der Waals surface area contributed by atoms with Gasteiger partial charge in [-0.25, -0.2) is 13.8 Å². The van der Waals surface area contributed by atoms with Crippen molar-refractivity contribution >= 4 is 17.6 Å². The molecular weight excluding hydrogens is 260 g/mol. The molecule has 0 aliphatic rings. The highest BCUT2D eigenvalue weighted by molar-refractivity contribution is 7.09. The number of hydrogen-bond donors (Lipinski definition) is 0. The molecule has 0 amide bonds. The van der Waals surface area contributed by atoms with Crippen molar-refractivity contribution in [2.75, 3.05) is 0 Å². The molecule has 2 rings (SSSR count). The molecule has 0 saturated heterocycles. The summed E-state index contributed by atoms with van der Waals surface area (Å²) in [7, 11) is 0. The van der Waals surface area contributed by atoms with Crippen LogP contribution in [0.25, 0.3) is 0 Å². The fraction of sp³-hybridized carbons (Fsp3) is 0.167. The summed E-state index contributed by atoms with van der Waals surface area (Å²) in [5, 5.41) is 2.45. The Morgan fingerprint density at radius 3 is 2.56 bits per heavy atom. The van der Waals surface area contributed by atoms with Crippen LogP contribution in [0, 0.1) is 18.6 Å². The number of aldehydes is 1. The molecular formula is C12H9F2NO2S. The number of hydrogen-bond acceptors (Lipinski definition) is 4. The number of carbonyl (C=O) groups excluding carboxylic acids is 1. The third-order valence-electron chi connectivity index (χ3n) is 2.16. The maximum atomic E-state index is 13.5. The highest BCUT2D eigenvalue weighted by Crippen LogP contribution is 2.24. The molecule has 0 spiro atoms. The zero-order valence-corrected chi connectivity index (χ0v) is 10.3. The molecule has 94 valence electrons. The van der Waals surface area contributed by atoms with Crippen LogP contribution in [0.1, 0.15) is 21.1 Å². The van der Waals surface area contributed by atoms with E-state index >= 15 is 0 Å². The van der Waals surface area contributed by atoms with Crippen molar-refractivity contribution in [2.45, 2.75) is 13.5 Å². The molecule has 0 saturated carbocycles. The first kappa shape index (κ1) is 12.6. The first-order chi connectivity index (χ1) is 8.60. The van der Waals surface area contributed by atoms with Gasteiger partial charge in [0.25, 0.3) is 0 Å². The van der Waals surface area contributed by atoms with Gasteiger partial charge in [-0.3, -0.25) is 4.79 Å². The quantitative estimate of drug-likeness (QED) is 0.800. The molecule has 0 N–H and O–H groups in total. The van der Waals surface area contributed by atoms with E-state index in [0.717, 1.165) is 17.8 Å².